The first-order valence-corrected chi connectivity index (χ1v) is 4.75. The average Bonchev–Trinajstić information content (AvgIpc) is 2.67. The van der Waals surface area contributed by atoms with Gasteiger partial charge in [-0.3, -0.25) is 0 Å². The van der Waals surface area contributed by atoms with E-state index in [0.29, 0.717) is 18.5 Å². The predicted molar refractivity (Wildman–Crippen MR) is 58.7 cm³/mol. The molecule has 1 atom stereocenters. The summed E-state index contributed by atoms with van der Waals surface area (Å²) in [7, 11) is 0. The Bertz CT molecular complexity index is 305. The van der Waals surface area contributed by atoms with E-state index in [-0.39, 0.29) is 12.4 Å². The maximum atomic E-state index is 12.6. The van der Waals surface area contributed by atoms with Crippen LogP contribution >= 0.6 is 12.4 Å². The molecule has 0 spiro atoms. The molecule has 0 amide bonds. The molecular weight excluding hydrogens is 219 g/mol. The first kappa shape index (κ1) is 12.1. The minimum Gasteiger partial charge on any atom is -0.337 e. The Morgan fingerprint density at radius 3 is 2.73 bits per heavy atom. The van der Waals surface area contributed by atoms with Crippen LogP contribution in [0.3, 0.4) is 0 Å². The Kier molecular flexibility index (Phi) is 4.23. The summed E-state index contributed by atoms with van der Waals surface area (Å²) in [5.41, 5.74) is 5.62. The molecular formula is C9H14ClFN4. The van der Waals surface area contributed by atoms with Crippen LogP contribution in [0.15, 0.2) is 12.4 Å². The molecule has 1 aromatic heterocycles. The lowest BCUT2D eigenvalue weighted by atomic mass is 10.2. The highest BCUT2D eigenvalue weighted by Gasteiger charge is 2.24. The Hall–Kier alpha value is -0.940. The van der Waals surface area contributed by atoms with Gasteiger partial charge in [-0.15, -0.1) is 12.4 Å². The Morgan fingerprint density at radius 2 is 2.13 bits per heavy atom. The topological polar surface area (TPSA) is 55.0 Å². The van der Waals surface area contributed by atoms with E-state index in [4.69, 9.17) is 5.73 Å². The number of aromatic nitrogens is 2. The van der Waals surface area contributed by atoms with Gasteiger partial charge in [0.05, 0.1) is 12.4 Å². The SMILES string of the molecule is Cl.NCC1CCCN1c1ncc(F)cn1. The fourth-order valence-corrected chi connectivity index (χ4v) is 1.80. The fraction of sp³-hybridized carbons (Fsp3) is 0.556. The summed E-state index contributed by atoms with van der Waals surface area (Å²) in [5, 5.41) is 0. The highest BCUT2D eigenvalue weighted by molar-refractivity contribution is 5.85. The van der Waals surface area contributed by atoms with Crippen molar-refractivity contribution in [3.63, 3.8) is 0 Å². The van der Waals surface area contributed by atoms with Crippen LogP contribution < -0.4 is 10.6 Å². The van der Waals surface area contributed by atoms with Crippen molar-refractivity contribution in [2.24, 2.45) is 5.73 Å². The van der Waals surface area contributed by atoms with Crippen LogP contribution in [0.5, 0.6) is 0 Å². The number of hydrogen-bond donors (Lipinski definition) is 1. The zero-order valence-corrected chi connectivity index (χ0v) is 9.08. The Morgan fingerprint density at radius 1 is 1.47 bits per heavy atom. The zero-order valence-electron chi connectivity index (χ0n) is 8.27. The molecule has 1 unspecified atom stereocenters. The molecule has 1 fully saturated rings. The molecule has 0 aromatic carbocycles. The zero-order chi connectivity index (χ0) is 9.97. The maximum Gasteiger partial charge on any atom is 0.225 e. The van der Waals surface area contributed by atoms with Gasteiger partial charge in [0.1, 0.15) is 0 Å². The Balaban J connectivity index is 0.00000112. The lowest BCUT2D eigenvalue weighted by Crippen LogP contribution is -2.36. The lowest BCUT2D eigenvalue weighted by molar-refractivity contribution is 0.607. The molecule has 1 saturated heterocycles. The molecule has 0 saturated carbocycles. The number of nitrogens with two attached hydrogens (primary N) is 1. The second-order valence-electron chi connectivity index (χ2n) is 3.43. The summed E-state index contributed by atoms with van der Waals surface area (Å²) >= 11 is 0. The summed E-state index contributed by atoms with van der Waals surface area (Å²) in [5.74, 6) is 0.177. The third-order valence-electron chi connectivity index (χ3n) is 2.51. The summed E-state index contributed by atoms with van der Waals surface area (Å²) in [4.78, 5) is 9.93. The highest BCUT2D eigenvalue weighted by Crippen LogP contribution is 2.20. The van der Waals surface area contributed by atoms with Crippen LogP contribution in [0.25, 0.3) is 0 Å². The van der Waals surface area contributed by atoms with Gasteiger partial charge < -0.3 is 10.6 Å². The Labute approximate surface area is 94.1 Å². The first-order chi connectivity index (χ1) is 6.81. The standard InChI is InChI=1S/C9H13FN4.ClH/c10-7-5-12-9(13-6-7)14-3-1-2-8(14)4-11;/h5-6,8H,1-4,11H2;1H. The van der Waals surface area contributed by atoms with Crippen LogP contribution in [0.2, 0.25) is 0 Å². The number of hydrogen-bond acceptors (Lipinski definition) is 4. The normalized spacial score (nSPS) is 20.1. The molecule has 0 aliphatic carbocycles. The van der Waals surface area contributed by atoms with Gasteiger partial charge in [0, 0.05) is 19.1 Å². The molecule has 1 aliphatic rings. The van der Waals surface area contributed by atoms with E-state index in [0.717, 1.165) is 19.4 Å². The van der Waals surface area contributed by atoms with Crippen molar-refractivity contribution in [1.29, 1.82) is 0 Å². The molecule has 2 heterocycles. The van der Waals surface area contributed by atoms with Crippen molar-refractivity contribution in [3.05, 3.63) is 18.2 Å². The van der Waals surface area contributed by atoms with Gasteiger partial charge in [-0.05, 0) is 12.8 Å². The second kappa shape index (κ2) is 5.23. The molecule has 0 radical (unpaired) electrons. The summed E-state index contributed by atoms with van der Waals surface area (Å²) in [6, 6.07) is 0.306. The van der Waals surface area contributed by atoms with Crippen LogP contribution in [0, 0.1) is 5.82 Å². The number of anilines is 1. The van der Waals surface area contributed by atoms with Crippen molar-refractivity contribution in [1.82, 2.24) is 9.97 Å². The number of rotatable bonds is 2. The summed E-state index contributed by atoms with van der Waals surface area (Å²) in [6.07, 6.45) is 4.54. The molecule has 1 aromatic rings. The van der Waals surface area contributed by atoms with Crippen molar-refractivity contribution < 1.29 is 4.39 Å². The van der Waals surface area contributed by atoms with E-state index in [1.54, 1.807) is 0 Å². The van der Waals surface area contributed by atoms with Gasteiger partial charge in [-0.1, -0.05) is 0 Å². The third kappa shape index (κ3) is 2.54. The molecule has 15 heavy (non-hydrogen) atoms. The van der Waals surface area contributed by atoms with E-state index < -0.39 is 5.82 Å². The molecule has 2 N–H and O–H groups in total. The van der Waals surface area contributed by atoms with Gasteiger partial charge in [0.2, 0.25) is 5.95 Å². The van der Waals surface area contributed by atoms with E-state index >= 15 is 0 Å². The smallest absolute Gasteiger partial charge is 0.225 e. The van der Waals surface area contributed by atoms with Gasteiger partial charge in [0.15, 0.2) is 5.82 Å². The third-order valence-corrected chi connectivity index (χ3v) is 2.51. The summed E-state index contributed by atoms with van der Waals surface area (Å²) < 4.78 is 12.6. The van der Waals surface area contributed by atoms with Gasteiger partial charge in [-0.25, -0.2) is 14.4 Å². The van der Waals surface area contributed by atoms with Crippen LogP contribution in [-0.2, 0) is 0 Å². The van der Waals surface area contributed by atoms with E-state index in [9.17, 15) is 4.39 Å². The molecule has 4 nitrogen and oxygen atoms in total. The van der Waals surface area contributed by atoms with Crippen molar-refractivity contribution in [3.8, 4) is 0 Å². The second-order valence-corrected chi connectivity index (χ2v) is 3.43. The van der Waals surface area contributed by atoms with Gasteiger partial charge in [0.25, 0.3) is 0 Å². The molecule has 84 valence electrons. The first-order valence-electron chi connectivity index (χ1n) is 4.75. The molecule has 2 rings (SSSR count). The number of nitrogens with zero attached hydrogens (tertiary/aromatic N) is 3. The van der Waals surface area contributed by atoms with Crippen molar-refractivity contribution >= 4 is 18.4 Å². The molecule has 0 bridgehead atoms. The van der Waals surface area contributed by atoms with Crippen LogP contribution in [-0.4, -0.2) is 29.1 Å². The maximum absolute atomic E-state index is 12.6. The van der Waals surface area contributed by atoms with Crippen LogP contribution in [0.1, 0.15) is 12.8 Å². The lowest BCUT2D eigenvalue weighted by Gasteiger charge is -2.22. The monoisotopic (exact) mass is 232 g/mol. The largest absolute Gasteiger partial charge is 0.337 e. The van der Waals surface area contributed by atoms with E-state index in [1.807, 2.05) is 4.90 Å². The summed E-state index contributed by atoms with van der Waals surface area (Å²) in [6.45, 7) is 1.51. The van der Waals surface area contributed by atoms with Crippen molar-refractivity contribution in [2.45, 2.75) is 18.9 Å². The highest BCUT2D eigenvalue weighted by atomic mass is 35.5. The average molecular weight is 233 g/mol. The predicted octanol–water partition coefficient (Wildman–Crippen LogP) is 0.965. The molecule has 1 aliphatic heterocycles. The van der Waals surface area contributed by atoms with Crippen molar-refractivity contribution in [2.75, 3.05) is 18.0 Å². The van der Waals surface area contributed by atoms with E-state index in [2.05, 4.69) is 9.97 Å². The van der Waals surface area contributed by atoms with Gasteiger partial charge >= 0.3 is 0 Å². The van der Waals surface area contributed by atoms with Gasteiger partial charge in [-0.2, -0.15) is 0 Å². The van der Waals surface area contributed by atoms with E-state index in [1.165, 1.54) is 12.4 Å². The van der Waals surface area contributed by atoms with Crippen LogP contribution in [0.4, 0.5) is 10.3 Å². The minimum atomic E-state index is -0.405. The minimum absolute atomic E-state index is 0. The fourth-order valence-electron chi connectivity index (χ4n) is 1.80. The number of halogens is 2. The quantitative estimate of drug-likeness (QED) is 0.826. The molecule has 6 heteroatoms.